The molecule has 0 heterocycles. The maximum atomic E-state index is 5.95. The number of benzene rings is 1. The molecule has 1 atom stereocenters. The molecule has 0 spiro atoms. The van der Waals surface area contributed by atoms with Crippen molar-refractivity contribution in [2.24, 2.45) is 10.9 Å². The predicted octanol–water partition coefficient (Wildman–Crippen LogP) is 2.73. The SMILES string of the molecule is CCNC(=NCC(C)Oc1ccccc1C)NCC1CC1. The molecule has 0 saturated heterocycles. The standard InChI is InChI=1S/C17H27N3O/c1-4-18-17(20-12-15-9-10-15)19-11-14(3)21-16-8-6-5-7-13(16)2/h5-8,14-15H,4,9-12H2,1-3H3,(H2,18,19,20). The average molecular weight is 289 g/mol. The minimum atomic E-state index is 0.0579. The second kappa shape index (κ2) is 7.91. The van der Waals surface area contributed by atoms with Gasteiger partial charge in [-0.05, 0) is 51.2 Å². The van der Waals surface area contributed by atoms with Crippen molar-refractivity contribution in [1.29, 1.82) is 0 Å². The number of nitrogens with zero attached hydrogens (tertiary/aromatic N) is 1. The minimum absolute atomic E-state index is 0.0579. The summed E-state index contributed by atoms with van der Waals surface area (Å²) < 4.78 is 5.95. The van der Waals surface area contributed by atoms with Crippen LogP contribution in [0, 0.1) is 12.8 Å². The molecule has 1 unspecified atom stereocenters. The van der Waals surface area contributed by atoms with Gasteiger partial charge in [-0.3, -0.25) is 0 Å². The van der Waals surface area contributed by atoms with Crippen molar-refractivity contribution < 1.29 is 4.74 Å². The van der Waals surface area contributed by atoms with Crippen LogP contribution < -0.4 is 15.4 Å². The van der Waals surface area contributed by atoms with Crippen LogP contribution in [0.15, 0.2) is 29.3 Å². The molecule has 2 rings (SSSR count). The molecule has 1 saturated carbocycles. The van der Waals surface area contributed by atoms with Gasteiger partial charge in [0.15, 0.2) is 5.96 Å². The van der Waals surface area contributed by atoms with Crippen molar-refractivity contribution in [2.45, 2.75) is 39.7 Å². The van der Waals surface area contributed by atoms with E-state index in [0.29, 0.717) is 6.54 Å². The van der Waals surface area contributed by atoms with Crippen molar-refractivity contribution in [3.05, 3.63) is 29.8 Å². The van der Waals surface area contributed by atoms with Gasteiger partial charge in [-0.1, -0.05) is 18.2 Å². The molecule has 0 radical (unpaired) electrons. The Labute approximate surface area is 128 Å². The molecule has 0 amide bonds. The molecule has 1 fully saturated rings. The Kier molecular flexibility index (Phi) is 5.90. The van der Waals surface area contributed by atoms with Crippen molar-refractivity contribution in [3.8, 4) is 5.75 Å². The Morgan fingerprint density at radius 3 is 2.76 bits per heavy atom. The quantitative estimate of drug-likeness (QED) is 0.599. The Morgan fingerprint density at radius 2 is 2.10 bits per heavy atom. The number of guanidine groups is 1. The van der Waals surface area contributed by atoms with Gasteiger partial charge in [0.25, 0.3) is 0 Å². The highest BCUT2D eigenvalue weighted by molar-refractivity contribution is 5.79. The van der Waals surface area contributed by atoms with E-state index in [1.807, 2.05) is 18.2 Å². The number of hydrogen-bond acceptors (Lipinski definition) is 2. The number of aryl methyl sites for hydroxylation is 1. The summed E-state index contributed by atoms with van der Waals surface area (Å²) in [5.74, 6) is 2.68. The fourth-order valence-electron chi connectivity index (χ4n) is 2.07. The van der Waals surface area contributed by atoms with Crippen molar-refractivity contribution in [3.63, 3.8) is 0 Å². The second-order valence-electron chi connectivity index (χ2n) is 5.74. The second-order valence-corrected chi connectivity index (χ2v) is 5.74. The lowest BCUT2D eigenvalue weighted by Crippen LogP contribution is -2.39. The van der Waals surface area contributed by atoms with E-state index in [-0.39, 0.29) is 6.10 Å². The van der Waals surface area contributed by atoms with Crippen LogP contribution >= 0.6 is 0 Å². The van der Waals surface area contributed by atoms with Crippen molar-refractivity contribution in [1.82, 2.24) is 10.6 Å². The molecule has 4 nitrogen and oxygen atoms in total. The molecule has 116 valence electrons. The summed E-state index contributed by atoms with van der Waals surface area (Å²) in [4.78, 5) is 4.61. The van der Waals surface area contributed by atoms with Crippen molar-refractivity contribution in [2.75, 3.05) is 19.6 Å². The topological polar surface area (TPSA) is 45.7 Å². The molecule has 0 aliphatic heterocycles. The molecule has 1 aliphatic rings. The summed E-state index contributed by atoms with van der Waals surface area (Å²) in [5, 5.41) is 6.68. The monoisotopic (exact) mass is 289 g/mol. The first-order chi connectivity index (χ1) is 10.2. The maximum Gasteiger partial charge on any atom is 0.191 e. The third kappa shape index (κ3) is 5.66. The van der Waals surface area contributed by atoms with Gasteiger partial charge in [0.1, 0.15) is 11.9 Å². The highest BCUT2D eigenvalue weighted by Crippen LogP contribution is 2.27. The minimum Gasteiger partial charge on any atom is -0.489 e. The van der Waals surface area contributed by atoms with Gasteiger partial charge in [0.05, 0.1) is 6.54 Å². The van der Waals surface area contributed by atoms with Gasteiger partial charge in [-0.15, -0.1) is 0 Å². The van der Waals surface area contributed by atoms with Crippen LogP contribution in [0.1, 0.15) is 32.3 Å². The summed E-state index contributed by atoms with van der Waals surface area (Å²) in [6.45, 7) is 8.76. The van der Waals surface area contributed by atoms with Crippen molar-refractivity contribution >= 4 is 5.96 Å². The van der Waals surface area contributed by atoms with Gasteiger partial charge < -0.3 is 15.4 Å². The van der Waals surface area contributed by atoms with E-state index < -0.39 is 0 Å². The van der Waals surface area contributed by atoms with Gasteiger partial charge in [0.2, 0.25) is 0 Å². The van der Waals surface area contributed by atoms with E-state index in [0.717, 1.165) is 36.3 Å². The zero-order valence-electron chi connectivity index (χ0n) is 13.4. The summed E-state index contributed by atoms with van der Waals surface area (Å²) in [7, 11) is 0. The molecule has 0 aromatic heterocycles. The summed E-state index contributed by atoms with van der Waals surface area (Å²) in [5.41, 5.74) is 1.16. The zero-order valence-corrected chi connectivity index (χ0v) is 13.4. The molecule has 21 heavy (non-hydrogen) atoms. The molecular weight excluding hydrogens is 262 g/mol. The number of ether oxygens (including phenoxy) is 1. The zero-order chi connectivity index (χ0) is 15.1. The molecule has 1 aliphatic carbocycles. The highest BCUT2D eigenvalue weighted by atomic mass is 16.5. The maximum absolute atomic E-state index is 5.95. The Balaban J connectivity index is 1.82. The van der Waals surface area contributed by atoms with Crippen LogP contribution in [0.5, 0.6) is 5.75 Å². The van der Waals surface area contributed by atoms with Crippen LogP contribution in [0.2, 0.25) is 0 Å². The molecule has 1 aromatic carbocycles. The van der Waals surface area contributed by atoms with E-state index in [1.54, 1.807) is 0 Å². The van der Waals surface area contributed by atoms with Gasteiger partial charge >= 0.3 is 0 Å². The lowest BCUT2D eigenvalue weighted by atomic mass is 10.2. The number of aliphatic imine (C=N–C) groups is 1. The van der Waals surface area contributed by atoms with Crippen LogP contribution in [-0.2, 0) is 0 Å². The predicted molar refractivity (Wildman–Crippen MR) is 88.0 cm³/mol. The number of nitrogens with one attached hydrogen (secondary N) is 2. The summed E-state index contributed by atoms with van der Waals surface area (Å²) in [6, 6.07) is 8.09. The number of hydrogen-bond donors (Lipinski definition) is 2. The van der Waals surface area contributed by atoms with Gasteiger partial charge in [0, 0.05) is 13.1 Å². The van der Waals surface area contributed by atoms with Crippen LogP contribution in [0.25, 0.3) is 0 Å². The Bertz CT molecular complexity index is 469. The number of para-hydroxylation sites is 1. The normalized spacial score (nSPS) is 16.4. The first-order valence-corrected chi connectivity index (χ1v) is 7.93. The molecule has 1 aromatic rings. The largest absolute Gasteiger partial charge is 0.489 e. The van der Waals surface area contributed by atoms with E-state index in [2.05, 4.69) is 42.5 Å². The van der Waals surface area contributed by atoms with Crippen LogP contribution in [-0.4, -0.2) is 31.7 Å². The summed E-state index contributed by atoms with van der Waals surface area (Å²) >= 11 is 0. The van der Waals surface area contributed by atoms with Crippen LogP contribution in [0.4, 0.5) is 0 Å². The lowest BCUT2D eigenvalue weighted by molar-refractivity contribution is 0.228. The van der Waals surface area contributed by atoms with Crippen LogP contribution in [0.3, 0.4) is 0 Å². The van der Waals surface area contributed by atoms with Gasteiger partial charge in [-0.25, -0.2) is 4.99 Å². The fraction of sp³-hybridized carbons (Fsp3) is 0.588. The Hall–Kier alpha value is -1.71. The molecular formula is C17H27N3O. The first-order valence-electron chi connectivity index (χ1n) is 7.93. The third-order valence-electron chi connectivity index (χ3n) is 3.53. The van der Waals surface area contributed by atoms with E-state index in [4.69, 9.17) is 4.74 Å². The first kappa shape index (κ1) is 15.7. The van der Waals surface area contributed by atoms with Gasteiger partial charge in [-0.2, -0.15) is 0 Å². The summed E-state index contributed by atoms with van der Waals surface area (Å²) in [6.07, 6.45) is 2.75. The molecule has 2 N–H and O–H groups in total. The average Bonchev–Trinajstić information content (AvgIpc) is 3.29. The Morgan fingerprint density at radius 1 is 1.33 bits per heavy atom. The lowest BCUT2D eigenvalue weighted by Gasteiger charge is -2.16. The van der Waals surface area contributed by atoms with E-state index >= 15 is 0 Å². The molecule has 4 heteroatoms. The third-order valence-corrected chi connectivity index (χ3v) is 3.53. The number of rotatable bonds is 7. The fourth-order valence-corrected chi connectivity index (χ4v) is 2.07. The smallest absolute Gasteiger partial charge is 0.191 e. The highest BCUT2D eigenvalue weighted by Gasteiger charge is 2.21. The van der Waals surface area contributed by atoms with E-state index in [9.17, 15) is 0 Å². The molecule has 0 bridgehead atoms. The van der Waals surface area contributed by atoms with E-state index in [1.165, 1.54) is 12.8 Å².